The van der Waals surface area contributed by atoms with Gasteiger partial charge in [-0.25, -0.2) is 0 Å². The molecule has 0 bridgehead atoms. The minimum absolute atomic E-state index is 0.0923. The zero-order valence-corrected chi connectivity index (χ0v) is 10.3. The number of hydrogen-bond donors (Lipinski definition) is 1. The van der Waals surface area contributed by atoms with E-state index in [-0.39, 0.29) is 11.6 Å². The van der Waals surface area contributed by atoms with Crippen LogP contribution in [-0.2, 0) is 16.0 Å². The van der Waals surface area contributed by atoms with Gasteiger partial charge in [-0.15, -0.1) is 0 Å². The summed E-state index contributed by atoms with van der Waals surface area (Å²) >= 11 is 0. The van der Waals surface area contributed by atoms with E-state index in [1.165, 1.54) is 6.92 Å². The average molecular weight is 229 g/mol. The molecule has 0 aromatic heterocycles. The zero-order chi connectivity index (χ0) is 12.6. The van der Waals surface area contributed by atoms with Gasteiger partial charge in [-0.3, -0.25) is 9.59 Å². The molecule has 3 nitrogen and oxygen atoms in total. The maximum absolute atomic E-state index is 11.8. The van der Waals surface area contributed by atoms with Gasteiger partial charge in [-0.05, 0) is 42.7 Å². The lowest BCUT2D eigenvalue weighted by atomic mass is 9.87. The number of fused-ring (bicyclic) bond motifs is 1. The Balaban J connectivity index is 2.63. The fraction of sp³-hybridized carbons (Fsp3) is 0.286. The number of aryl methyl sites for hydroxylation is 1. The van der Waals surface area contributed by atoms with Gasteiger partial charge in [0.2, 0.25) is 0 Å². The molecular weight excluding hydrogens is 214 g/mol. The molecule has 2 rings (SSSR count). The fourth-order valence-corrected chi connectivity index (χ4v) is 2.18. The van der Waals surface area contributed by atoms with Gasteiger partial charge >= 0.3 is 0 Å². The highest BCUT2D eigenvalue weighted by atomic mass is 16.1. The van der Waals surface area contributed by atoms with Gasteiger partial charge in [0.05, 0.1) is 5.57 Å². The molecule has 0 spiro atoms. The first-order chi connectivity index (χ1) is 8.02. The van der Waals surface area contributed by atoms with Crippen LogP contribution in [0.2, 0.25) is 0 Å². The average Bonchev–Trinajstić information content (AvgIpc) is 2.27. The Kier molecular flexibility index (Phi) is 2.84. The molecule has 17 heavy (non-hydrogen) atoms. The molecule has 0 radical (unpaired) electrons. The Labute approximate surface area is 101 Å². The topological polar surface area (TPSA) is 46.2 Å². The van der Waals surface area contributed by atoms with Gasteiger partial charge in [0.25, 0.3) is 0 Å². The van der Waals surface area contributed by atoms with Gasteiger partial charge < -0.3 is 5.32 Å². The van der Waals surface area contributed by atoms with Crippen molar-refractivity contribution >= 4 is 23.3 Å². The van der Waals surface area contributed by atoms with Gasteiger partial charge in [0.1, 0.15) is 0 Å². The van der Waals surface area contributed by atoms with Gasteiger partial charge in [-0.2, -0.15) is 0 Å². The Hall–Kier alpha value is -1.90. The number of carbonyl (C=O) groups is 2. The lowest BCUT2D eigenvalue weighted by molar-refractivity contribution is -0.120. The number of anilines is 1. The summed E-state index contributed by atoms with van der Waals surface area (Å²) in [7, 11) is 1.84. The Morgan fingerprint density at radius 1 is 1.35 bits per heavy atom. The van der Waals surface area contributed by atoms with Crippen molar-refractivity contribution in [2.24, 2.45) is 0 Å². The summed E-state index contributed by atoms with van der Waals surface area (Å²) in [5.41, 5.74) is 4.34. The minimum atomic E-state index is -0.159. The number of hydrogen-bond acceptors (Lipinski definition) is 3. The summed E-state index contributed by atoms with van der Waals surface area (Å²) in [6, 6.07) is 4.02. The molecule has 0 saturated heterocycles. The van der Waals surface area contributed by atoms with Crippen molar-refractivity contribution in [3.05, 3.63) is 34.4 Å². The largest absolute Gasteiger partial charge is 0.388 e. The monoisotopic (exact) mass is 229 g/mol. The summed E-state index contributed by atoms with van der Waals surface area (Å²) in [6.07, 6.45) is 2.01. The summed E-state index contributed by atoms with van der Waals surface area (Å²) < 4.78 is 0. The molecule has 88 valence electrons. The highest BCUT2D eigenvalue weighted by molar-refractivity contribution is 6.24. The fourth-order valence-electron chi connectivity index (χ4n) is 2.18. The van der Waals surface area contributed by atoms with Crippen LogP contribution in [-0.4, -0.2) is 18.6 Å². The minimum Gasteiger partial charge on any atom is -0.388 e. The Morgan fingerprint density at radius 3 is 2.65 bits per heavy atom. The van der Waals surface area contributed by atoms with E-state index in [0.29, 0.717) is 12.0 Å². The van der Waals surface area contributed by atoms with Crippen molar-refractivity contribution in [2.45, 2.75) is 20.3 Å². The Morgan fingerprint density at radius 2 is 2.06 bits per heavy atom. The quantitative estimate of drug-likeness (QED) is 0.790. The van der Waals surface area contributed by atoms with Crippen molar-refractivity contribution in [1.29, 1.82) is 0 Å². The molecule has 0 fully saturated rings. The van der Waals surface area contributed by atoms with Crippen molar-refractivity contribution in [2.75, 3.05) is 12.4 Å². The molecule has 3 heteroatoms. The maximum Gasteiger partial charge on any atom is 0.170 e. The molecule has 0 unspecified atom stereocenters. The van der Waals surface area contributed by atoms with Gasteiger partial charge in [0.15, 0.2) is 11.6 Å². The summed E-state index contributed by atoms with van der Waals surface area (Å²) in [5, 5.41) is 3.09. The third-order valence-electron chi connectivity index (χ3n) is 3.01. The van der Waals surface area contributed by atoms with E-state index in [9.17, 15) is 9.59 Å². The first-order valence-corrected chi connectivity index (χ1v) is 5.60. The van der Waals surface area contributed by atoms with Crippen LogP contribution in [0.15, 0.2) is 17.7 Å². The van der Waals surface area contributed by atoms with Crippen LogP contribution in [0, 0.1) is 6.92 Å². The molecule has 1 aromatic carbocycles. The van der Waals surface area contributed by atoms with Crippen molar-refractivity contribution in [1.82, 2.24) is 0 Å². The number of benzene rings is 1. The molecule has 1 aromatic rings. The summed E-state index contributed by atoms with van der Waals surface area (Å²) in [4.78, 5) is 23.2. The number of Topliss-reactive ketones (excluding diaryl/α,β-unsaturated/α-hetero) is 2. The SMILES string of the molecule is CNc1cc(C)cc2c1CC(=O)C(C(C)=O)=C2. The van der Waals surface area contributed by atoms with E-state index in [2.05, 4.69) is 5.32 Å². The van der Waals surface area contributed by atoms with Crippen molar-refractivity contribution < 1.29 is 9.59 Å². The van der Waals surface area contributed by atoms with E-state index in [4.69, 9.17) is 0 Å². The number of rotatable bonds is 2. The van der Waals surface area contributed by atoms with Crippen LogP contribution < -0.4 is 5.32 Å². The maximum atomic E-state index is 11.8. The van der Waals surface area contributed by atoms with E-state index in [1.807, 2.05) is 26.1 Å². The van der Waals surface area contributed by atoms with Crippen molar-refractivity contribution in [3.63, 3.8) is 0 Å². The summed E-state index contributed by atoms with van der Waals surface area (Å²) in [6.45, 7) is 3.43. The van der Waals surface area contributed by atoms with Crippen molar-refractivity contribution in [3.8, 4) is 0 Å². The second-order valence-corrected chi connectivity index (χ2v) is 4.34. The normalized spacial score (nSPS) is 14.1. The molecular formula is C14H15NO2. The highest BCUT2D eigenvalue weighted by Gasteiger charge is 2.23. The second kappa shape index (κ2) is 4.17. The Bertz CT molecular complexity index is 541. The van der Waals surface area contributed by atoms with Gasteiger partial charge in [-0.1, -0.05) is 6.07 Å². The standard InChI is InChI=1S/C14H15NO2/c1-8-4-10-6-11(9(2)16)14(17)7-12(10)13(5-8)15-3/h4-6,15H,7H2,1-3H3. The molecule has 0 saturated carbocycles. The summed E-state index contributed by atoms with van der Waals surface area (Å²) in [5.74, 6) is -0.251. The number of allylic oxidation sites excluding steroid dienone is 1. The predicted octanol–water partition coefficient (Wildman–Crippen LogP) is 2.13. The van der Waals surface area contributed by atoms with Crippen LogP contribution in [0.4, 0.5) is 5.69 Å². The van der Waals surface area contributed by atoms with Gasteiger partial charge in [0, 0.05) is 19.2 Å². The third kappa shape index (κ3) is 2.00. The second-order valence-electron chi connectivity index (χ2n) is 4.34. The molecule has 0 aliphatic heterocycles. The molecule has 1 aliphatic rings. The molecule has 1 N–H and O–H groups in total. The van der Waals surface area contributed by atoms with Crippen LogP contribution in [0.1, 0.15) is 23.6 Å². The molecule has 0 amide bonds. The number of carbonyl (C=O) groups excluding carboxylic acids is 2. The lowest BCUT2D eigenvalue weighted by Crippen LogP contribution is -2.18. The van der Waals surface area contributed by atoms with Crippen LogP contribution >= 0.6 is 0 Å². The first-order valence-electron chi connectivity index (χ1n) is 5.60. The molecule has 1 aliphatic carbocycles. The van der Waals surface area contributed by atoms with E-state index in [1.54, 1.807) is 6.08 Å². The molecule has 0 atom stereocenters. The van der Waals surface area contributed by atoms with Crippen LogP contribution in [0.5, 0.6) is 0 Å². The van der Waals surface area contributed by atoms with E-state index >= 15 is 0 Å². The number of ketones is 2. The predicted molar refractivity (Wildman–Crippen MR) is 68.1 cm³/mol. The zero-order valence-electron chi connectivity index (χ0n) is 10.3. The van der Waals surface area contributed by atoms with E-state index in [0.717, 1.165) is 22.4 Å². The number of nitrogens with one attached hydrogen (secondary N) is 1. The first kappa shape index (κ1) is 11.6. The van der Waals surface area contributed by atoms with Crippen LogP contribution in [0.25, 0.3) is 6.08 Å². The lowest BCUT2D eigenvalue weighted by Gasteiger charge is -2.18. The highest BCUT2D eigenvalue weighted by Crippen LogP contribution is 2.29. The molecule has 0 heterocycles. The third-order valence-corrected chi connectivity index (χ3v) is 3.01. The van der Waals surface area contributed by atoms with Crippen LogP contribution in [0.3, 0.4) is 0 Å². The smallest absolute Gasteiger partial charge is 0.170 e. The van der Waals surface area contributed by atoms with E-state index < -0.39 is 0 Å².